The molecule has 1 fully saturated rings. The van der Waals surface area contributed by atoms with Crippen molar-refractivity contribution < 1.29 is 4.79 Å². The first kappa shape index (κ1) is 18.2. The van der Waals surface area contributed by atoms with Crippen molar-refractivity contribution in [2.24, 2.45) is 0 Å². The number of carbonyl (C=O) groups excluding carboxylic acids is 1. The van der Waals surface area contributed by atoms with Crippen molar-refractivity contribution >= 4 is 29.1 Å². The first-order chi connectivity index (χ1) is 12.0. The lowest BCUT2D eigenvalue weighted by molar-refractivity contribution is -0.121. The standard InChI is InChI=1S/C20H22Cl2N2O/c1-15(25)23-20(17-7-3-2-4-8-17)10-12-24(13-11-20)14-16-6-5-9-18(21)19(16)22/h2-9H,10-14H2,1H3,(H,23,25). The first-order valence-electron chi connectivity index (χ1n) is 8.50. The van der Waals surface area contributed by atoms with Crippen LogP contribution in [0.1, 0.15) is 30.9 Å². The zero-order valence-corrected chi connectivity index (χ0v) is 15.8. The quantitative estimate of drug-likeness (QED) is 0.843. The van der Waals surface area contributed by atoms with E-state index in [1.54, 1.807) is 13.0 Å². The average Bonchev–Trinajstić information content (AvgIpc) is 2.61. The number of rotatable bonds is 4. The summed E-state index contributed by atoms with van der Waals surface area (Å²) >= 11 is 12.4. The van der Waals surface area contributed by atoms with Gasteiger partial charge in [0.25, 0.3) is 0 Å². The summed E-state index contributed by atoms with van der Waals surface area (Å²) < 4.78 is 0. The molecule has 25 heavy (non-hydrogen) atoms. The summed E-state index contributed by atoms with van der Waals surface area (Å²) in [7, 11) is 0. The van der Waals surface area contributed by atoms with Crippen LogP contribution in [0, 0.1) is 0 Å². The van der Waals surface area contributed by atoms with E-state index >= 15 is 0 Å². The van der Waals surface area contributed by atoms with Crippen molar-refractivity contribution in [3.8, 4) is 0 Å². The Kier molecular flexibility index (Phi) is 5.67. The zero-order chi connectivity index (χ0) is 17.9. The number of likely N-dealkylation sites (tertiary alicyclic amines) is 1. The van der Waals surface area contributed by atoms with E-state index in [0.29, 0.717) is 10.0 Å². The molecule has 2 aromatic rings. The summed E-state index contributed by atoms with van der Waals surface area (Å²) in [6.45, 7) is 4.13. The summed E-state index contributed by atoms with van der Waals surface area (Å²) in [4.78, 5) is 14.2. The van der Waals surface area contributed by atoms with Gasteiger partial charge in [-0.1, -0.05) is 65.7 Å². The van der Waals surface area contributed by atoms with Crippen molar-refractivity contribution in [2.45, 2.75) is 31.8 Å². The molecule has 1 heterocycles. The lowest BCUT2D eigenvalue weighted by atomic mass is 9.80. The van der Waals surface area contributed by atoms with Gasteiger partial charge in [-0.2, -0.15) is 0 Å². The minimum absolute atomic E-state index is 0.00943. The van der Waals surface area contributed by atoms with Crippen molar-refractivity contribution in [3.63, 3.8) is 0 Å². The van der Waals surface area contributed by atoms with Gasteiger partial charge in [-0.3, -0.25) is 9.69 Å². The van der Waals surface area contributed by atoms with Gasteiger partial charge < -0.3 is 5.32 Å². The topological polar surface area (TPSA) is 32.3 Å². The van der Waals surface area contributed by atoms with Crippen molar-refractivity contribution in [1.82, 2.24) is 10.2 Å². The summed E-state index contributed by atoms with van der Waals surface area (Å²) in [6, 6.07) is 16.0. The molecule has 0 unspecified atom stereocenters. The van der Waals surface area contributed by atoms with Gasteiger partial charge >= 0.3 is 0 Å². The average molecular weight is 377 g/mol. The predicted octanol–water partition coefficient (Wildman–Crippen LogP) is 4.62. The van der Waals surface area contributed by atoms with E-state index in [0.717, 1.165) is 38.0 Å². The molecule has 0 spiro atoms. The number of benzene rings is 2. The summed E-state index contributed by atoms with van der Waals surface area (Å²) in [6.07, 6.45) is 1.74. The Morgan fingerprint density at radius 3 is 2.40 bits per heavy atom. The molecule has 3 rings (SSSR count). The molecule has 1 aliphatic heterocycles. The zero-order valence-electron chi connectivity index (χ0n) is 14.3. The molecule has 1 amide bonds. The van der Waals surface area contributed by atoms with Crippen LogP contribution in [-0.2, 0) is 16.9 Å². The number of hydrogen-bond acceptors (Lipinski definition) is 2. The number of hydrogen-bond donors (Lipinski definition) is 1. The molecule has 1 saturated heterocycles. The lowest BCUT2D eigenvalue weighted by Gasteiger charge is -2.42. The maximum Gasteiger partial charge on any atom is 0.217 e. The van der Waals surface area contributed by atoms with Gasteiger partial charge in [0.05, 0.1) is 15.6 Å². The van der Waals surface area contributed by atoms with E-state index in [1.807, 2.05) is 30.3 Å². The third-order valence-corrected chi connectivity index (χ3v) is 5.73. The van der Waals surface area contributed by atoms with Gasteiger partial charge in [0, 0.05) is 26.6 Å². The van der Waals surface area contributed by atoms with Crippen LogP contribution in [0.5, 0.6) is 0 Å². The SMILES string of the molecule is CC(=O)NC1(c2ccccc2)CCN(Cc2cccc(Cl)c2Cl)CC1. The Morgan fingerprint density at radius 1 is 1.08 bits per heavy atom. The molecular weight excluding hydrogens is 355 g/mol. The number of nitrogens with one attached hydrogen (secondary N) is 1. The van der Waals surface area contributed by atoms with Crippen molar-refractivity contribution in [2.75, 3.05) is 13.1 Å². The van der Waals surface area contributed by atoms with Crippen molar-refractivity contribution in [3.05, 3.63) is 69.7 Å². The highest BCUT2D eigenvalue weighted by molar-refractivity contribution is 6.42. The molecule has 2 aromatic carbocycles. The Balaban J connectivity index is 1.74. The van der Waals surface area contributed by atoms with Gasteiger partial charge in [0.15, 0.2) is 0 Å². The van der Waals surface area contributed by atoms with Crippen LogP contribution >= 0.6 is 23.2 Å². The molecule has 0 aliphatic carbocycles. The number of carbonyl (C=O) groups is 1. The monoisotopic (exact) mass is 376 g/mol. The summed E-state index contributed by atoms with van der Waals surface area (Å²) in [5, 5.41) is 4.42. The number of nitrogens with zero attached hydrogens (tertiary/aromatic N) is 1. The van der Waals surface area contributed by atoms with Crippen LogP contribution < -0.4 is 5.32 Å². The van der Waals surface area contributed by atoms with Crippen LogP contribution in [0.15, 0.2) is 48.5 Å². The van der Waals surface area contributed by atoms with Crippen LogP contribution in [0.2, 0.25) is 10.0 Å². The third kappa shape index (κ3) is 4.17. The second-order valence-electron chi connectivity index (χ2n) is 6.62. The number of amides is 1. The highest BCUT2D eigenvalue weighted by Gasteiger charge is 2.36. The van der Waals surface area contributed by atoms with E-state index in [9.17, 15) is 4.79 Å². The fourth-order valence-corrected chi connectivity index (χ4v) is 3.96. The highest BCUT2D eigenvalue weighted by Crippen LogP contribution is 2.34. The van der Waals surface area contributed by atoms with E-state index < -0.39 is 0 Å². The largest absolute Gasteiger partial charge is 0.347 e. The van der Waals surface area contributed by atoms with E-state index in [2.05, 4.69) is 22.3 Å². The Hall–Kier alpha value is -1.55. The molecule has 0 radical (unpaired) electrons. The van der Waals surface area contributed by atoms with Crippen molar-refractivity contribution in [1.29, 1.82) is 0 Å². The fourth-order valence-electron chi connectivity index (χ4n) is 3.58. The number of halogens is 2. The summed E-state index contributed by atoms with van der Waals surface area (Å²) in [5.74, 6) is 0.00943. The second kappa shape index (κ2) is 7.77. The van der Waals surface area contributed by atoms with Gasteiger partial charge in [-0.05, 0) is 30.0 Å². The molecule has 3 nitrogen and oxygen atoms in total. The van der Waals surface area contributed by atoms with Gasteiger partial charge in [-0.25, -0.2) is 0 Å². The van der Waals surface area contributed by atoms with Crippen LogP contribution in [0.25, 0.3) is 0 Å². The molecule has 0 bridgehead atoms. The number of piperidine rings is 1. The normalized spacial score (nSPS) is 17.2. The molecule has 0 aromatic heterocycles. The van der Waals surface area contributed by atoms with Gasteiger partial charge in [0.1, 0.15) is 0 Å². The van der Waals surface area contributed by atoms with Gasteiger partial charge in [0.2, 0.25) is 5.91 Å². The van der Waals surface area contributed by atoms with E-state index in [-0.39, 0.29) is 11.4 Å². The van der Waals surface area contributed by atoms with Crippen LogP contribution in [0.3, 0.4) is 0 Å². The molecule has 0 saturated carbocycles. The van der Waals surface area contributed by atoms with Crippen LogP contribution in [0.4, 0.5) is 0 Å². The Labute approximate surface area is 158 Å². The Bertz CT molecular complexity index is 741. The maximum atomic E-state index is 11.8. The maximum absolute atomic E-state index is 11.8. The van der Waals surface area contributed by atoms with E-state index in [1.165, 1.54) is 5.56 Å². The highest BCUT2D eigenvalue weighted by atomic mass is 35.5. The second-order valence-corrected chi connectivity index (χ2v) is 7.40. The molecule has 132 valence electrons. The molecule has 0 atom stereocenters. The first-order valence-corrected chi connectivity index (χ1v) is 9.25. The lowest BCUT2D eigenvalue weighted by Crippen LogP contribution is -2.52. The predicted molar refractivity (Wildman–Crippen MR) is 103 cm³/mol. The molecular formula is C20H22Cl2N2O. The molecule has 1 aliphatic rings. The van der Waals surface area contributed by atoms with E-state index in [4.69, 9.17) is 23.2 Å². The fraction of sp³-hybridized carbons (Fsp3) is 0.350. The minimum atomic E-state index is -0.290. The third-order valence-electron chi connectivity index (χ3n) is 4.88. The molecule has 5 heteroatoms. The smallest absolute Gasteiger partial charge is 0.217 e. The molecule has 1 N–H and O–H groups in total. The Morgan fingerprint density at radius 2 is 1.76 bits per heavy atom. The van der Waals surface area contributed by atoms with Gasteiger partial charge in [-0.15, -0.1) is 0 Å². The van der Waals surface area contributed by atoms with Crippen LogP contribution in [-0.4, -0.2) is 23.9 Å². The minimum Gasteiger partial charge on any atom is -0.347 e. The summed E-state index contributed by atoms with van der Waals surface area (Å²) in [5.41, 5.74) is 1.92.